The number of piperazine rings is 1. The molecule has 2 aromatic rings. The van der Waals surface area contributed by atoms with E-state index in [4.69, 9.17) is 9.47 Å². The van der Waals surface area contributed by atoms with Crippen molar-refractivity contribution in [1.29, 1.82) is 0 Å². The monoisotopic (exact) mass is 350 g/mol. The Bertz CT molecular complexity index is 709. The smallest absolute Gasteiger partial charge is 0.224 e. The van der Waals surface area contributed by atoms with Crippen LogP contribution >= 0.6 is 0 Å². The van der Waals surface area contributed by atoms with E-state index in [0.29, 0.717) is 0 Å². The molecule has 0 saturated carbocycles. The minimum absolute atomic E-state index is 0.188. The van der Waals surface area contributed by atoms with E-state index in [1.54, 1.807) is 13.2 Å². The predicted octanol–water partition coefficient (Wildman–Crippen LogP) is 2.32. The second-order valence-corrected chi connectivity index (χ2v) is 5.71. The average molecular weight is 350 g/mol. The third-order valence-corrected chi connectivity index (χ3v) is 4.05. The number of anilines is 1. The Morgan fingerprint density at radius 2 is 1.84 bits per heavy atom. The van der Waals surface area contributed by atoms with Crippen molar-refractivity contribution in [3.8, 4) is 11.6 Å². The van der Waals surface area contributed by atoms with Crippen LogP contribution in [0.3, 0.4) is 0 Å². The Morgan fingerprint density at radius 3 is 2.56 bits per heavy atom. The summed E-state index contributed by atoms with van der Waals surface area (Å²) in [5.41, 5.74) is 0. The topological polar surface area (TPSA) is 50.7 Å². The van der Waals surface area contributed by atoms with Gasteiger partial charge in [0.2, 0.25) is 5.88 Å². The summed E-state index contributed by atoms with van der Waals surface area (Å²) in [7, 11) is 1.70. The molecule has 1 aliphatic rings. The van der Waals surface area contributed by atoms with Crippen molar-refractivity contribution in [2.45, 2.75) is 0 Å². The van der Waals surface area contributed by atoms with E-state index in [-0.39, 0.29) is 11.6 Å². The molecule has 25 heavy (non-hydrogen) atoms. The Hall–Kier alpha value is -2.32. The molecule has 0 N–H and O–H groups in total. The van der Waals surface area contributed by atoms with Gasteiger partial charge in [0.1, 0.15) is 17.9 Å². The van der Waals surface area contributed by atoms with Crippen LogP contribution in [0.25, 0.3) is 0 Å². The highest BCUT2D eigenvalue weighted by Gasteiger charge is 2.18. The molecule has 1 fully saturated rings. The van der Waals surface area contributed by atoms with E-state index in [0.717, 1.165) is 57.3 Å². The SMILES string of the molecule is COCCN1CCN(c2cc(Oc3ccc(F)c(F)c3)ncn2)CC1. The zero-order valence-corrected chi connectivity index (χ0v) is 14.0. The van der Waals surface area contributed by atoms with Gasteiger partial charge in [0.15, 0.2) is 11.6 Å². The van der Waals surface area contributed by atoms with Gasteiger partial charge < -0.3 is 14.4 Å². The van der Waals surface area contributed by atoms with Crippen molar-refractivity contribution in [2.75, 3.05) is 51.3 Å². The highest BCUT2D eigenvalue weighted by Crippen LogP contribution is 2.24. The normalized spacial score (nSPS) is 15.4. The fraction of sp³-hybridized carbons (Fsp3) is 0.412. The number of rotatable bonds is 6. The lowest BCUT2D eigenvalue weighted by atomic mass is 10.3. The quantitative estimate of drug-likeness (QED) is 0.797. The predicted molar refractivity (Wildman–Crippen MR) is 89.0 cm³/mol. The van der Waals surface area contributed by atoms with Crippen LogP contribution in [-0.2, 0) is 4.74 Å². The lowest BCUT2D eigenvalue weighted by Crippen LogP contribution is -2.47. The van der Waals surface area contributed by atoms with Crippen molar-refractivity contribution in [2.24, 2.45) is 0 Å². The fourth-order valence-electron chi connectivity index (χ4n) is 2.64. The van der Waals surface area contributed by atoms with E-state index < -0.39 is 11.6 Å². The zero-order valence-electron chi connectivity index (χ0n) is 14.0. The van der Waals surface area contributed by atoms with Crippen LogP contribution < -0.4 is 9.64 Å². The first-order chi connectivity index (χ1) is 12.2. The van der Waals surface area contributed by atoms with Gasteiger partial charge in [-0.3, -0.25) is 4.90 Å². The molecule has 0 aliphatic carbocycles. The molecule has 0 bridgehead atoms. The standard InChI is InChI=1S/C17H20F2N4O2/c1-24-9-8-22-4-6-23(7-5-22)16-11-17(21-12-20-16)25-13-2-3-14(18)15(19)10-13/h2-3,10-12H,4-9H2,1H3. The van der Waals surface area contributed by atoms with Crippen LogP contribution in [0.1, 0.15) is 0 Å². The van der Waals surface area contributed by atoms with Crippen molar-refractivity contribution in [1.82, 2.24) is 14.9 Å². The molecule has 6 nitrogen and oxygen atoms in total. The molecule has 1 aromatic carbocycles. The van der Waals surface area contributed by atoms with Gasteiger partial charge in [-0.05, 0) is 12.1 Å². The van der Waals surface area contributed by atoms with Crippen LogP contribution in [0.5, 0.6) is 11.6 Å². The summed E-state index contributed by atoms with van der Waals surface area (Å²) in [5.74, 6) is -0.647. The molecule has 1 saturated heterocycles. The van der Waals surface area contributed by atoms with E-state index >= 15 is 0 Å². The number of benzene rings is 1. The molecule has 134 valence electrons. The molecule has 3 rings (SSSR count). The minimum atomic E-state index is -0.959. The first kappa shape index (κ1) is 17.5. The molecule has 1 aromatic heterocycles. The van der Waals surface area contributed by atoms with Crippen LogP contribution in [-0.4, -0.2) is 61.3 Å². The van der Waals surface area contributed by atoms with Gasteiger partial charge >= 0.3 is 0 Å². The number of methoxy groups -OCH3 is 1. The second-order valence-electron chi connectivity index (χ2n) is 5.71. The summed E-state index contributed by atoms with van der Waals surface area (Å²) in [5, 5.41) is 0. The molecule has 1 aliphatic heterocycles. The number of nitrogens with zero attached hydrogens (tertiary/aromatic N) is 4. The van der Waals surface area contributed by atoms with Crippen molar-refractivity contribution in [3.05, 3.63) is 42.2 Å². The van der Waals surface area contributed by atoms with Gasteiger partial charge in [-0.25, -0.2) is 18.7 Å². The highest BCUT2D eigenvalue weighted by atomic mass is 19.2. The van der Waals surface area contributed by atoms with E-state index in [2.05, 4.69) is 19.8 Å². The summed E-state index contributed by atoms with van der Waals surface area (Å²) in [6.45, 7) is 5.16. The summed E-state index contributed by atoms with van der Waals surface area (Å²) in [6.07, 6.45) is 1.40. The van der Waals surface area contributed by atoms with Crippen LogP contribution in [0, 0.1) is 11.6 Å². The van der Waals surface area contributed by atoms with E-state index in [9.17, 15) is 8.78 Å². The van der Waals surface area contributed by atoms with Gasteiger partial charge in [0, 0.05) is 52.0 Å². The van der Waals surface area contributed by atoms with E-state index in [1.807, 2.05) is 0 Å². The van der Waals surface area contributed by atoms with Crippen LogP contribution in [0.15, 0.2) is 30.6 Å². The summed E-state index contributed by atoms with van der Waals surface area (Å²) in [6, 6.07) is 5.07. The fourth-order valence-corrected chi connectivity index (χ4v) is 2.64. The second kappa shape index (κ2) is 8.17. The van der Waals surface area contributed by atoms with Crippen molar-refractivity contribution in [3.63, 3.8) is 0 Å². The Labute approximate surface area is 145 Å². The highest BCUT2D eigenvalue weighted by molar-refractivity contribution is 5.42. The number of halogens is 2. The largest absolute Gasteiger partial charge is 0.439 e. The van der Waals surface area contributed by atoms with Crippen LogP contribution in [0.4, 0.5) is 14.6 Å². The Kier molecular flexibility index (Phi) is 5.72. The maximum Gasteiger partial charge on any atom is 0.224 e. The Morgan fingerprint density at radius 1 is 1.04 bits per heavy atom. The number of aromatic nitrogens is 2. The van der Waals surface area contributed by atoms with E-state index in [1.165, 1.54) is 12.4 Å². The number of hydrogen-bond donors (Lipinski definition) is 0. The summed E-state index contributed by atoms with van der Waals surface area (Å²) >= 11 is 0. The maximum atomic E-state index is 13.3. The number of hydrogen-bond acceptors (Lipinski definition) is 6. The molecule has 0 radical (unpaired) electrons. The first-order valence-corrected chi connectivity index (χ1v) is 8.07. The third kappa shape index (κ3) is 4.61. The lowest BCUT2D eigenvalue weighted by Gasteiger charge is -2.35. The first-order valence-electron chi connectivity index (χ1n) is 8.07. The van der Waals surface area contributed by atoms with Crippen molar-refractivity contribution < 1.29 is 18.3 Å². The van der Waals surface area contributed by atoms with Crippen LogP contribution in [0.2, 0.25) is 0 Å². The molecular formula is C17H20F2N4O2. The molecule has 0 spiro atoms. The van der Waals surface area contributed by atoms with Gasteiger partial charge in [0.25, 0.3) is 0 Å². The lowest BCUT2D eigenvalue weighted by molar-refractivity contribution is 0.144. The van der Waals surface area contributed by atoms with Gasteiger partial charge in [-0.15, -0.1) is 0 Å². The zero-order chi connectivity index (χ0) is 17.6. The van der Waals surface area contributed by atoms with Gasteiger partial charge in [0.05, 0.1) is 6.61 Å². The molecule has 0 unspecified atom stereocenters. The molecule has 2 heterocycles. The van der Waals surface area contributed by atoms with Crippen molar-refractivity contribution >= 4 is 5.82 Å². The van der Waals surface area contributed by atoms with Gasteiger partial charge in [-0.2, -0.15) is 0 Å². The Balaban J connectivity index is 1.63. The molecular weight excluding hydrogens is 330 g/mol. The van der Waals surface area contributed by atoms with Gasteiger partial charge in [-0.1, -0.05) is 0 Å². The molecule has 8 heteroatoms. The summed E-state index contributed by atoms with van der Waals surface area (Å²) < 4.78 is 36.9. The third-order valence-electron chi connectivity index (χ3n) is 4.05. The molecule has 0 amide bonds. The minimum Gasteiger partial charge on any atom is -0.439 e. The number of ether oxygens (including phenoxy) is 2. The average Bonchev–Trinajstić information content (AvgIpc) is 2.64. The molecule has 0 atom stereocenters. The summed E-state index contributed by atoms with van der Waals surface area (Å²) in [4.78, 5) is 12.8. The maximum absolute atomic E-state index is 13.3.